The molecule has 0 aliphatic carbocycles. The Hall–Kier alpha value is -2.02. The van der Waals surface area contributed by atoms with Gasteiger partial charge in [-0.25, -0.2) is 0 Å². The maximum absolute atomic E-state index is 6.32. The molecule has 3 aromatic rings. The lowest BCUT2D eigenvalue weighted by molar-refractivity contribution is 0.00578. The van der Waals surface area contributed by atoms with Crippen LogP contribution in [0.2, 0.25) is 0 Å². The Morgan fingerprint density at radius 2 is 1.31 bits per heavy atom. The summed E-state index contributed by atoms with van der Waals surface area (Å²) in [5, 5.41) is 2.15. The Bertz CT molecular complexity index is 894. The predicted molar refractivity (Wildman–Crippen MR) is 106 cm³/mol. The highest BCUT2D eigenvalue weighted by Gasteiger charge is 2.52. The Morgan fingerprint density at radius 3 is 1.85 bits per heavy atom. The molecule has 0 amide bonds. The molecule has 1 fully saturated rings. The quantitative estimate of drug-likeness (QED) is 0.655. The van der Waals surface area contributed by atoms with E-state index in [0.717, 1.165) is 22.2 Å². The second kappa shape index (κ2) is 6.30. The number of rotatable bonds is 3. The lowest BCUT2D eigenvalue weighted by Crippen LogP contribution is -2.41. The van der Waals surface area contributed by atoms with E-state index in [-0.39, 0.29) is 11.2 Å². The van der Waals surface area contributed by atoms with E-state index in [0.29, 0.717) is 0 Å². The molecule has 0 atom stereocenters. The highest BCUT2D eigenvalue weighted by molar-refractivity contribution is 7.15. The van der Waals surface area contributed by atoms with Gasteiger partial charge < -0.3 is 9.31 Å². The van der Waals surface area contributed by atoms with Crippen molar-refractivity contribution < 1.29 is 9.31 Å². The highest BCUT2D eigenvalue weighted by atomic mass is 32.1. The van der Waals surface area contributed by atoms with Crippen LogP contribution in [0.25, 0.3) is 21.6 Å². The van der Waals surface area contributed by atoms with Crippen molar-refractivity contribution in [2.75, 3.05) is 0 Å². The van der Waals surface area contributed by atoms with Crippen molar-refractivity contribution in [3.63, 3.8) is 0 Å². The number of thiophene rings is 1. The molecule has 1 saturated heterocycles. The first-order chi connectivity index (χ1) is 12.4. The molecule has 0 radical (unpaired) electrons. The number of aromatic nitrogens is 2. The van der Waals surface area contributed by atoms with Crippen LogP contribution in [0.4, 0.5) is 0 Å². The smallest absolute Gasteiger partial charge is 0.399 e. The molecule has 1 aliphatic heterocycles. The van der Waals surface area contributed by atoms with E-state index in [1.54, 1.807) is 11.3 Å². The van der Waals surface area contributed by atoms with E-state index < -0.39 is 7.12 Å². The molecule has 4 heterocycles. The molecule has 4 rings (SSSR count). The van der Waals surface area contributed by atoms with Crippen LogP contribution in [0.5, 0.6) is 0 Å². The third-order valence-electron chi connectivity index (χ3n) is 5.24. The van der Waals surface area contributed by atoms with Gasteiger partial charge in [-0.1, -0.05) is 0 Å². The van der Waals surface area contributed by atoms with Crippen molar-refractivity contribution >= 4 is 23.9 Å². The average Bonchev–Trinajstić information content (AvgIpc) is 3.15. The lowest BCUT2D eigenvalue weighted by atomic mass is 9.76. The summed E-state index contributed by atoms with van der Waals surface area (Å²) in [6.07, 6.45) is 7.27. The third-order valence-corrected chi connectivity index (χ3v) is 6.29. The van der Waals surface area contributed by atoms with Crippen LogP contribution in [0, 0.1) is 0 Å². The molecule has 6 heteroatoms. The molecule has 26 heavy (non-hydrogen) atoms. The minimum atomic E-state index is -0.394. The maximum atomic E-state index is 6.32. The van der Waals surface area contributed by atoms with Crippen molar-refractivity contribution in [1.29, 1.82) is 0 Å². The Kier molecular flexibility index (Phi) is 4.22. The molecular weight excluding hydrogens is 343 g/mol. The fourth-order valence-electron chi connectivity index (χ4n) is 3.05. The van der Waals surface area contributed by atoms with Gasteiger partial charge in [0.1, 0.15) is 0 Å². The highest BCUT2D eigenvalue weighted by Crippen LogP contribution is 2.40. The van der Waals surface area contributed by atoms with Gasteiger partial charge in [-0.05, 0) is 68.5 Å². The normalized spacial score (nSPS) is 18.2. The van der Waals surface area contributed by atoms with Gasteiger partial charge in [0, 0.05) is 40.7 Å². The first kappa shape index (κ1) is 17.4. The zero-order chi connectivity index (χ0) is 18.4. The third kappa shape index (κ3) is 2.88. The summed E-state index contributed by atoms with van der Waals surface area (Å²) in [6.45, 7) is 8.31. The van der Waals surface area contributed by atoms with E-state index >= 15 is 0 Å². The van der Waals surface area contributed by atoms with Crippen LogP contribution < -0.4 is 5.46 Å². The van der Waals surface area contributed by atoms with Gasteiger partial charge in [0.05, 0.1) is 11.2 Å². The minimum Gasteiger partial charge on any atom is -0.399 e. The van der Waals surface area contributed by atoms with Crippen LogP contribution in [0.1, 0.15) is 27.7 Å². The second-order valence-corrected chi connectivity index (χ2v) is 8.33. The first-order valence-electron chi connectivity index (χ1n) is 8.67. The van der Waals surface area contributed by atoms with E-state index in [1.807, 2.05) is 49.1 Å². The summed E-state index contributed by atoms with van der Waals surface area (Å²) in [5.74, 6) is 0. The number of hydrogen-bond acceptors (Lipinski definition) is 5. The molecule has 0 spiro atoms. The van der Waals surface area contributed by atoms with E-state index in [1.165, 1.54) is 4.88 Å². The zero-order valence-electron chi connectivity index (χ0n) is 15.4. The van der Waals surface area contributed by atoms with Gasteiger partial charge in [0.2, 0.25) is 0 Å². The topological polar surface area (TPSA) is 44.2 Å². The molecule has 3 aromatic heterocycles. The number of hydrogen-bond donors (Lipinski definition) is 0. The summed E-state index contributed by atoms with van der Waals surface area (Å²) in [5.41, 5.74) is 3.71. The van der Waals surface area contributed by atoms with Gasteiger partial charge in [0.25, 0.3) is 0 Å². The SMILES string of the molecule is CC1(C)OB(c2csc(-c3ccncc3)c2-c2ccncc2)OC1(C)C. The average molecular weight is 364 g/mol. The van der Waals surface area contributed by atoms with Crippen molar-refractivity contribution in [1.82, 2.24) is 9.97 Å². The molecular formula is C20H21BN2O2S. The van der Waals surface area contributed by atoms with Gasteiger partial charge in [-0.2, -0.15) is 0 Å². The largest absolute Gasteiger partial charge is 0.496 e. The summed E-state index contributed by atoms with van der Waals surface area (Å²) in [7, 11) is -0.394. The van der Waals surface area contributed by atoms with Gasteiger partial charge >= 0.3 is 7.12 Å². The van der Waals surface area contributed by atoms with Crippen LogP contribution in [-0.4, -0.2) is 28.3 Å². The Labute approximate surface area is 158 Å². The van der Waals surface area contributed by atoms with Crippen LogP contribution in [-0.2, 0) is 9.31 Å². The van der Waals surface area contributed by atoms with Crippen molar-refractivity contribution in [2.45, 2.75) is 38.9 Å². The lowest BCUT2D eigenvalue weighted by Gasteiger charge is -2.32. The monoisotopic (exact) mass is 364 g/mol. The molecule has 0 aromatic carbocycles. The zero-order valence-corrected chi connectivity index (χ0v) is 16.2. The molecule has 0 unspecified atom stereocenters. The van der Waals surface area contributed by atoms with Crippen LogP contribution >= 0.6 is 11.3 Å². The molecule has 0 bridgehead atoms. The molecule has 132 valence electrons. The fourth-order valence-corrected chi connectivity index (χ4v) is 4.15. The molecule has 0 N–H and O–H groups in total. The second-order valence-electron chi connectivity index (χ2n) is 7.46. The van der Waals surface area contributed by atoms with Crippen molar-refractivity contribution in [3.05, 3.63) is 54.4 Å². The van der Waals surface area contributed by atoms with Crippen LogP contribution in [0.15, 0.2) is 54.4 Å². The van der Waals surface area contributed by atoms with E-state index in [2.05, 4.69) is 43.0 Å². The standard InChI is InChI=1S/C20H21BN2O2S/c1-19(2)20(3,4)25-21(24-19)16-13-26-18(15-7-11-23-12-8-15)17(16)14-5-9-22-10-6-14/h5-13H,1-4H3. The van der Waals surface area contributed by atoms with Gasteiger partial charge in [0.15, 0.2) is 0 Å². The van der Waals surface area contributed by atoms with Crippen LogP contribution in [0.3, 0.4) is 0 Å². The van der Waals surface area contributed by atoms with Gasteiger partial charge in [-0.15, -0.1) is 11.3 Å². The number of nitrogens with zero attached hydrogens (tertiary/aromatic N) is 2. The maximum Gasteiger partial charge on any atom is 0.496 e. The predicted octanol–water partition coefficient (Wildman–Crippen LogP) is 4.17. The fraction of sp³-hybridized carbons (Fsp3) is 0.300. The van der Waals surface area contributed by atoms with Crippen molar-refractivity contribution in [2.24, 2.45) is 0 Å². The van der Waals surface area contributed by atoms with E-state index in [9.17, 15) is 0 Å². The van der Waals surface area contributed by atoms with Crippen molar-refractivity contribution in [3.8, 4) is 21.6 Å². The summed E-state index contributed by atoms with van der Waals surface area (Å²) < 4.78 is 12.6. The molecule has 4 nitrogen and oxygen atoms in total. The molecule has 1 aliphatic rings. The Balaban J connectivity index is 1.86. The Morgan fingerprint density at radius 1 is 0.808 bits per heavy atom. The minimum absolute atomic E-state index is 0.369. The van der Waals surface area contributed by atoms with E-state index in [4.69, 9.17) is 9.31 Å². The summed E-state index contributed by atoms with van der Waals surface area (Å²) in [4.78, 5) is 9.49. The van der Waals surface area contributed by atoms with Gasteiger partial charge in [-0.3, -0.25) is 9.97 Å². The summed E-state index contributed by atoms with van der Waals surface area (Å²) >= 11 is 1.70. The number of pyridine rings is 2. The molecule has 0 saturated carbocycles. The summed E-state index contributed by atoms with van der Waals surface area (Å²) in [6, 6.07) is 8.12. The first-order valence-corrected chi connectivity index (χ1v) is 9.55.